The van der Waals surface area contributed by atoms with Crippen LogP contribution in [0.15, 0.2) is 41.9 Å². The smallest absolute Gasteiger partial charge is 0.223 e. The van der Waals surface area contributed by atoms with Gasteiger partial charge >= 0.3 is 0 Å². The molecule has 4 rings (SSSR count). The highest BCUT2D eigenvalue weighted by molar-refractivity contribution is 7.09. The minimum atomic E-state index is 0.0601. The molecule has 2 aliphatic rings. The number of carbonyl (C=O) groups is 1. The fraction of sp³-hybridized carbons (Fsp3) is 0.500. The molecule has 1 unspecified atom stereocenters. The van der Waals surface area contributed by atoms with Crippen LogP contribution in [0.3, 0.4) is 0 Å². The van der Waals surface area contributed by atoms with E-state index in [1.54, 1.807) is 11.3 Å². The summed E-state index contributed by atoms with van der Waals surface area (Å²) in [5, 5.41) is 3.24. The highest BCUT2D eigenvalue weighted by Crippen LogP contribution is 2.40. The van der Waals surface area contributed by atoms with Gasteiger partial charge in [-0.1, -0.05) is 30.3 Å². The van der Waals surface area contributed by atoms with Gasteiger partial charge in [0.05, 0.1) is 6.54 Å². The van der Waals surface area contributed by atoms with Gasteiger partial charge in [-0.25, -0.2) is 4.98 Å². The predicted octanol–water partition coefficient (Wildman–Crippen LogP) is 3.69. The summed E-state index contributed by atoms with van der Waals surface area (Å²) in [6.07, 6.45) is 6.97. The monoisotopic (exact) mass is 355 g/mol. The van der Waals surface area contributed by atoms with Crippen molar-refractivity contribution in [3.8, 4) is 0 Å². The Labute approximate surface area is 153 Å². The van der Waals surface area contributed by atoms with Crippen molar-refractivity contribution in [2.45, 2.75) is 50.7 Å². The van der Waals surface area contributed by atoms with Crippen molar-refractivity contribution in [2.24, 2.45) is 0 Å². The lowest BCUT2D eigenvalue weighted by Gasteiger charge is -2.38. The number of likely N-dealkylation sites (tertiary alicyclic amines) is 2. The molecular weight excluding hydrogens is 330 g/mol. The van der Waals surface area contributed by atoms with E-state index in [2.05, 4.69) is 39.0 Å². The van der Waals surface area contributed by atoms with Gasteiger partial charge < -0.3 is 4.90 Å². The molecule has 5 heteroatoms. The first-order chi connectivity index (χ1) is 12.3. The van der Waals surface area contributed by atoms with Crippen LogP contribution in [0.2, 0.25) is 0 Å². The molecule has 1 aromatic heterocycles. The summed E-state index contributed by atoms with van der Waals surface area (Å²) in [5.74, 6) is 0.331. The molecule has 0 bridgehead atoms. The molecule has 132 valence electrons. The fourth-order valence-corrected chi connectivity index (χ4v) is 4.99. The van der Waals surface area contributed by atoms with Crippen LogP contribution in [0.4, 0.5) is 0 Å². The number of hydrogen-bond donors (Lipinski definition) is 0. The van der Waals surface area contributed by atoms with E-state index < -0.39 is 0 Å². The summed E-state index contributed by atoms with van der Waals surface area (Å²) in [7, 11) is 0. The average Bonchev–Trinajstić information content (AvgIpc) is 3.18. The Morgan fingerprint density at radius 2 is 1.96 bits per heavy atom. The Morgan fingerprint density at radius 3 is 2.76 bits per heavy atom. The van der Waals surface area contributed by atoms with E-state index in [0.29, 0.717) is 12.3 Å². The first kappa shape index (κ1) is 16.7. The lowest BCUT2D eigenvalue weighted by molar-refractivity contribution is -0.132. The van der Waals surface area contributed by atoms with Crippen molar-refractivity contribution >= 4 is 17.2 Å². The zero-order valence-corrected chi connectivity index (χ0v) is 15.4. The van der Waals surface area contributed by atoms with Crippen molar-refractivity contribution < 1.29 is 4.79 Å². The number of carbonyl (C=O) groups excluding carboxylic acids is 1. The standard InChI is InChI=1S/C20H25N3OS/c24-19-7-9-20(23(19)15-17-5-2-1-3-6-17)8-4-12-22(13-10-20)16-18-21-11-14-25-18/h1-3,5-6,11,14H,4,7-10,12-13,15-16H2. The maximum absolute atomic E-state index is 12.6. The van der Waals surface area contributed by atoms with Crippen LogP contribution < -0.4 is 0 Å². The van der Waals surface area contributed by atoms with Crippen LogP contribution in [0.5, 0.6) is 0 Å². The van der Waals surface area contributed by atoms with Gasteiger partial charge in [0.25, 0.3) is 0 Å². The van der Waals surface area contributed by atoms with Crippen LogP contribution in [0.25, 0.3) is 0 Å². The van der Waals surface area contributed by atoms with Gasteiger partial charge in [0.2, 0.25) is 5.91 Å². The normalized spacial score (nSPS) is 24.8. The van der Waals surface area contributed by atoms with Crippen LogP contribution in [0.1, 0.15) is 42.7 Å². The lowest BCUT2D eigenvalue weighted by atomic mass is 9.87. The van der Waals surface area contributed by atoms with E-state index in [1.807, 2.05) is 17.6 Å². The molecule has 0 radical (unpaired) electrons. The second kappa shape index (κ2) is 7.26. The number of hydrogen-bond acceptors (Lipinski definition) is 4. The van der Waals surface area contributed by atoms with Crippen LogP contribution in [-0.4, -0.2) is 39.3 Å². The highest BCUT2D eigenvalue weighted by Gasteiger charge is 2.45. The van der Waals surface area contributed by atoms with Crippen LogP contribution in [-0.2, 0) is 17.9 Å². The molecule has 1 spiro atoms. The van der Waals surface area contributed by atoms with Gasteiger partial charge in [0.1, 0.15) is 5.01 Å². The number of benzene rings is 1. The third-order valence-electron chi connectivity index (χ3n) is 5.71. The van der Waals surface area contributed by atoms with Crippen molar-refractivity contribution in [3.63, 3.8) is 0 Å². The average molecular weight is 356 g/mol. The lowest BCUT2D eigenvalue weighted by Crippen LogP contribution is -2.45. The Bertz CT molecular complexity index is 703. The first-order valence-corrected chi connectivity index (χ1v) is 10.1. The number of thiazole rings is 1. The quantitative estimate of drug-likeness (QED) is 0.839. The van der Waals surface area contributed by atoms with Crippen molar-refractivity contribution in [2.75, 3.05) is 13.1 Å². The number of rotatable bonds is 4. The molecule has 2 saturated heterocycles. The topological polar surface area (TPSA) is 36.4 Å². The molecule has 1 atom stereocenters. The molecule has 25 heavy (non-hydrogen) atoms. The van der Waals surface area contributed by atoms with Crippen LogP contribution >= 0.6 is 11.3 Å². The highest BCUT2D eigenvalue weighted by atomic mass is 32.1. The van der Waals surface area contributed by atoms with E-state index >= 15 is 0 Å². The fourth-order valence-electron chi connectivity index (χ4n) is 4.33. The van der Waals surface area contributed by atoms with Crippen molar-refractivity contribution in [1.82, 2.24) is 14.8 Å². The Balaban J connectivity index is 1.47. The maximum Gasteiger partial charge on any atom is 0.223 e. The minimum absolute atomic E-state index is 0.0601. The minimum Gasteiger partial charge on any atom is -0.333 e. The molecule has 0 saturated carbocycles. The van der Waals surface area contributed by atoms with Gasteiger partial charge in [-0.15, -0.1) is 11.3 Å². The summed E-state index contributed by atoms with van der Waals surface area (Å²) < 4.78 is 0. The summed E-state index contributed by atoms with van der Waals surface area (Å²) in [6, 6.07) is 10.4. The molecule has 1 amide bonds. The molecular formula is C20H25N3OS. The second-order valence-electron chi connectivity index (χ2n) is 7.25. The third-order valence-corrected chi connectivity index (χ3v) is 6.48. The van der Waals surface area contributed by atoms with Gasteiger partial charge in [-0.3, -0.25) is 9.69 Å². The SMILES string of the molecule is O=C1CCC2(CCCN(Cc3nccs3)CC2)N1Cc1ccccc1. The number of nitrogens with zero attached hydrogens (tertiary/aromatic N) is 3. The molecule has 2 fully saturated rings. The summed E-state index contributed by atoms with van der Waals surface area (Å²) in [5.41, 5.74) is 1.30. The third kappa shape index (κ3) is 3.62. The van der Waals surface area contributed by atoms with Gasteiger partial charge in [0.15, 0.2) is 0 Å². The molecule has 2 aliphatic heterocycles. The van der Waals surface area contributed by atoms with E-state index in [-0.39, 0.29) is 5.54 Å². The molecule has 1 aromatic carbocycles. The van der Waals surface area contributed by atoms with Gasteiger partial charge in [-0.05, 0) is 37.8 Å². The Morgan fingerprint density at radius 1 is 1.08 bits per heavy atom. The molecule has 4 nitrogen and oxygen atoms in total. The number of amides is 1. The first-order valence-electron chi connectivity index (χ1n) is 9.20. The summed E-state index contributed by atoms with van der Waals surface area (Å²) >= 11 is 1.73. The predicted molar refractivity (Wildman–Crippen MR) is 100 cm³/mol. The maximum atomic E-state index is 12.6. The van der Waals surface area contributed by atoms with E-state index in [1.165, 1.54) is 10.6 Å². The summed E-state index contributed by atoms with van der Waals surface area (Å²) in [4.78, 5) is 21.7. The molecule has 0 N–H and O–H groups in total. The van der Waals surface area contributed by atoms with Crippen molar-refractivity contribution in [3.05, 3.63) is 52.5 Å². The van der Waals surface area contributed by atoms with E-state index in [4.69, 9.17) is 0 Å². The van der Waals surface area contributed by atoms with Crippen molar-refractivity contribution in [1.29, 1.82) is 0 Å². The largest absolute Gasteiger partial charge is 0.333 e. The second-order valence-corrected chi connectivity index (χ2v) is 8.22. The molecule has 0 aliphatic carbocycles. The summed E-state index contributed by atoms with van der Waals surface area (Å²) in [6.45, 7) is 3.86. The molecule has 2 aromatic rings. The van der Waals surface area contributed by atoms with E-state index in [0.717, 1.165) is 51.9 Å². The Hall–Kier alpha value is -1.72. The van der Waals surface area contributed by atoms with Crippen LogP contribution in [0, 0.1) is 0 Å². The van der Waals surface area contributed by atoms with Gasteiger partial charge in [-0.2, -0.15) is 0 Å². The zero-order chi connectivity index (χ0) is 17.1. The molecule has 3 heterocycles. The zero-order valence-electron chi connectivity index (χ0n) is 14.6. The van der Waals surface area contributed by atoms with E-state index in [9.17, 15) is 4.79 Å². The Kier molecular flexibility index (Phi) is 4.86. The van der Waals surface area contributed by atoms with Gasteiger partial charge in [0, 0.05) is 36.6 Å². The number of aromatic nitrogens is 1.